The Kier molecular flexibility index (Phi) is 3.49. The quantitative estimate of drug-likeness (QED) is 0.728. The maximum Gasteiger partial charge on any atom is 0.254 e. The van der Waals surface area contributed by atoms with Crippen LogP contribution in [0.1, 0.15) is 10.4 Å². The molecule has 1 saturated heterocycles. The number of aromatic nitrogens is 1. The molecule has 18 heavy (non-hydrogen) atoms. The van der Waals surface area contributed by atoms with E-state index in [9.17, 15) is 15.0 Å². The van der Waals surface area contributed by atoms with Crippen LogP contribution < -0.4 is 4.90 Å². The minimum atomic E-state index is -0.857. The number of anilines is 1. The molecular weight excluding hydrogens is 234 g/mol. The SMILES string of the molecule is CN(C)c1cc(C(=O)N2CC(O)C(O)C2)ccn1. The molecule has 98 valence electrons. The molecule has 2 N–H and O–H groups in total. The summed E-state index contributed by atoms with van der Waals surface area (Å²) in [5, 5.41) is 18.9. The lowest BCUT2D eigenvalue weighted by molar-refractivity contribution is 0.0572. The molecule has 0 aliphatic carbocycles. The molecule has 1 aliphatic rings. The van der Waals surface area contributed by atoms with Gasteiger partial charge in [0.15, 0.2) is 0 Å². The number of rotatable bonds is 2. The van der Waals surface area contributed by atoms with Crippen molar-refractivity contribution in [2.45, 2.75) is 12.2 Å². The molecule has 2 rings (SSSR count). The van der Waals surface area contributed by atoms with Crippen molar-refractivity contribution in [3.63, 3.8) is 0 Å². The lowest BCUT2D eigenvalue weighted by Gasteiger charge is -2.17. The fourth-order valence-corrected chi connectivity index (χ4v) is 1.91. The second-order valence-electron chi connectivity index (χ2n) is 4.64. The first-order chi connectivity index (χ1) is 8.49. The average Bonchev–Trinajstić information content (AvgIpc) is 2.69. The minimum absolute atomic E-state index is 0.166. The van der Waals surface area contributed by atoms with Gasteiger partial charge in [0.2, 0.25) is 0 Å². The van der Waals surface area contributed by atoms with Gasteiger partial charge in [0.05, 0.1) is 12.2 Å². The zero-order valence-corrected chi connectivity index (χ0v) is 10.4. The predicted octanol–water partition coefficient (Wildman–Crippen LogP) is -0.675. The van der Waals surface area contributed by atoms with Gasteiger partial charge in [0.25, 0.3) is 5.91 Å². The van der Waals surface area contributed by atoms with Gasteiger partial charge in [-0.05, 0) is 12.1 Å². The number of β-amino-alcohol motifs (C(OH)–C–C–N with tert-alkyl or cyclic N) is 2. The molecule has 1 amide bonds. The Labute approximate surface area is 105 Å². The van der Waals surface area contributed by atoms with Gasteiger partial charge in [0.1, 0.15) is 5.82 Å². The zero-order chi connectivity index (χ0) is 13.3. The summed E-state index contributed by atoms with van der Waals surface area (Å²) in [5.41, 5.74) is 0.509. The molecule has 6 nitrogen and oxygen atoms in total. The Morgan fingerprint density at radius 3 is 2.56 bits per heavy atom. The number of aliphatic hydroxyl groups excluding tert-OH is 2. The van der Waals surface area contributed by atoms with E-state index < -0.39 is 12.2 Å². The normalized spacial score (nSPS) is 23.2. The Morgan fingerprint density at radius 1 is 1.39 bits per heavy atom. The van der Waals surface area contributed by atoms with Crippen molar-refractivity contribution in [2.24, 2.45) is 0 Å². The molecule has 2 atom stereocenters. The Morgan fingerprint density at radius 2 is 2.00 bits per heavy atom. The Balaban J connectivity index is 2.17. The van der Waals surface area contributed by atoms with E-state index in [1.165, 1.54) is 4.90 Å². The molecule has 1 fully saturated rings. The molecule has 0 bridgehead atoms. The van der Waals surface area contributed by atoms with Gasteiger partial charge in [-0.25, -0.2) is 4.98 Å². The molecule has 0 radical (unpaired) electrons. The van der Waals surface area contributed by atoms with Crippen molar-refractivity contribution >= 4 is 11.7 Å². The van der Waals surface area contributed by atoms with E-state index in [1.807, 2.05) is 19.0 Å². The Hall–Kier alpha value is -1.66. The monoisotopic (exact) mass is 251 g/mol. The smallest absolute Gasteiger partial charge is 0.254 e. The van der Waals surface area contributed by atoms with E-state index >= 15 is 0 Å². The summed E-state index contributed by atoms with van der Waals surface area (Å²) in [6.07, 6.45) is -0.140. The van der Waals surface area contributed by atoms with Crippen LogP contribution >= 0.6 is 0 Å². The van der Waals surface area contributed by atoms with Gasteiger partial charge >= 0.3 is 0 Å². The summed E-state index contributed by atoms with van der Waals surface area (Å²) in [7, 11) is 3.69. The molecule has 2 heterocycles. The fraction of sp³-hybridized carbons (Fsp3) is 0.500. The number of carbonyl (C=O) groups excluding carboxylic acids is 1. The standard InChI is InChI=1S/C12H17N3O3/c1-14(2)11-5-8(3-4-13-11)12(18)15-6-9(16)10(17)7-15/h3-5,9-10,16-17H,6-7H2,1-2H3. The van der Waals surface area contributed by atoms with Crippen LogP contribution in [0.4, 0.5) is 5.82 Å². The van der Waals surface area contributed by atoms with Crippen molar-refractivity contribution in [2.75, 3.05) is 32.1 Å². The third-order valence-corrected chi connectivity index (χ3v) is 3.00. The maximum atomic E-state index is 12.2. The maximum absolute atomic E-state index is 12.2. The molecule has 6 heteroatoms. The van der Waals surface area contributed by atoms with E-state index in [1.54, 1.807) is 18.3 Å². The number of likely N-dealkylation sites (tertiary alicyclic amines) is 1. The van der Waals surface area contributed by atoms with Crippen LogP contribution in [0.15, 0.2) is 18.3 Å². The first kappa shape index (κ1) is 12.8. The van der Waals surface area contributed by atoms with Crippen molar-refractivity contribution in [1.82, 2.24) is 9.88 Å². The third kappa shape index (κ3) is 2.44. The molecular formula is C12H17N3O3. The summed E-state index contributed by atoms with van der Waals surface area (Å²) in [6, 6.07) is 3.33. The number of amides is 1. The fourth-order valence-electron chi connectivity index (χ4n) is 1.91. The molecule has 0 aromatic carbocycles. The van der Waals surface area contributed by atoms with Crippen LogP contribution in [0.3, 0.4) is 0 Å². The zero-order valence-electron chi connectivity index (χ0n) is 10.4. The van der Waals surface area contributed by atoms with Crippen LogP contribution in [-0.4, -0.2) is 65.4 Å². The largest absolute Gasteiger partial charge is 0.388 e. The van der Waals surface area contributed by atoms with E-state index in [0.717, 1.165) is 0 Å². The summed E-state index contributed by atoms with van der Waals surface area (Å²) in [5.74, 6) is 0.497. The number of hydrogen-bond donors (Lipinski definition) is 2. The second-order valence-corrected chi connectivity index (χ2v) is 4.64. The van der Waals surface area contributed by atoms with Crippen LogP contribution in [-0.2, 0) is 0 Å². The van der Waals surface area contributed by atoms with Crippen molar-refractivity contribution in [3.05, 3.63) is 23.9 Å². The highest BCUT2D eigenvalue weighted by Crippen LogP contribution is 2.16. The van der Waals surface area contributed by atoms with E-state index in [4.69, 9.17) is 0 Å². The highest BCUT2D eigenvalue weighted by Gasteiger charge is 2.33. The summed E-state index contributed by atoms with van der Waals surface area (Å²) >= 11 is 0. The number of pyridine rings is 1. The van der Waals surface area contributed by atoms with Crippen molar-refractivity contribution in [3.8, 4) is 0 Å². The molecule has 1 aliphatic heterocycles. The highest BCUT2D eigenvalue weighted by molar-refractivity contribution is 5.95. The highest BCUT2D eigenvalue weighted by atomic mass is 16.3. The number of nitrogens with zero attached hydrogens (tertiary/aromatic N) is 3. The van der Waals surface area contributed by atoms with Gasteiger partial charge in [-0.3, -0.25) is 4.79 Å². The lowest BCUT2D eigenvalue weighted by Crippen LogP contribution is -2.30. The summed E-state index contributed by atoms with van der Waals surface area (Å²) in [4.78, 5) is 19.6. The van der Waals surface area contributed by atoms with E-state index in [-0.39, 0.29) is 19.0 Å². The van der Waals surface area contributed by atoms with Crippen LogP contribution in [0.5, 0.6) is 0 Å². The molecule has 0 spiro atoms. The molecule has 2 unspecified atom stereocenters. The first-order valence-electron chi connectivity index (χ1n) is 5.78. The average molecular weight is 251 g/mol. The van der Waals surface area contributed by atoms with E-state index in [0.29, 0.717) is 11.4 Å². The van der Waals surface area contributed by atoms with Crippen molar-refractivity contribution < 1.29 is 15.0 Å². The molecule has 1 aromatic rings. The van der Waals surface area contributed by atoms with Crippen LogP contribution in [0.25, 0.3) is 0 Å². The number of aliphatic hydroxyl groups is 2. The van der Waals surface area contributed by atoms with Crippen LogP contribution in [0.2, 0.25) is 0 Å². The summed E-state index contributed by atoms with van der Waals surface area (Å²) < 4.78 is 0. The van der Waals surface area contributed by atoms with Gasteiger partial charge < -0.3 is 20.0 Å². The van der Waals surface area contributed by atoms with Crippen LogP contribution in [0, 0.1) is 0 Å². The molecule has 0 saturated carbocycles. The van der Waals surface area contributed by atoms with Gasteiger partial charge in [-0.15, -0.1) is 0 Å². The predicted molar refractivity (Wildman–Crippen MR) is 66.5 cm³/mol. The van der Waals surface area contributed by atoms with Gasteiger partial charge in [0, 0.05) is 38.9 Å². The lowest BCUT2D eigenvalue weighted by atomic mass is 10.2. The number of carbonyl (C=O) groups is 1. The van der Waals surface area contributed by atoms with Crippen molar-refractivity contribution in [1.29, 1.82) is 0 Å². The number of hydrogen-bond acceptors (Lipinski definition) is 5. The third-order valence-electron chi connectivity index (χ3n) is 3.00. The second kappa shape index (κ2) is 4.91. The summed E-state index contributed by atoms with van der Waals surface area (Å²) in [6.45, 7) is 0.333. The van der Waals surface area contributed by atoms with Gasteiger partial charge in [-0.2, -0.15) is 0 Å². The topological polar surface area (TPSA) is 76.9 Å². The van der Waals surface area contributed by atoms with Gasteiger partial charge in [-0.1, -0.05) is 0 Å². The minimum Gasteiger partial charge on any atom is -0.388 e. The first-order valence-corrected chi connectivity index (χ1v) is 5.78. The Bertz CT molecular complexity index is 440. The molecule has 1 aromatic heterocycles. The van der Waals surface area contributed by atoms with E-state index in [2.05, 4.69) is 4.98 Å².